The van der Waals surface area contributed by atoms with Crippen LogP contribution >= 0.6 is 0 Å². The van der Waals surface area contributed by atoms with Crippen LogP contribution in [0, 0.1) is 11.3 Å². The number of nitriles is 1. The summed E-state index contributed by atoms with van der Waals surface area (Å²) in [7, 11) is 4.06. The third-order valence-corrected chi connectivity index (χ3v) is 2.76. The average Bonchev–Trinajstić information content (AvgIpc) is 2.77. The Bertz CT molecular complexity index is 502. The Labute approximate surface area is 96.1 Å². The minimum absolute atomic E-state index is 0.751. The van der Waals surface area contributed by atoms with Crippen LogP contribution in [-0.4, -0.2) is 19.0 Å². The van der Waals surface area contributed by atoms with Gasteiger partial charge in [0.1, 0.15) is 0 Å². The summed E-state index contributed by atoms with van der Waals surface area (Å²) in [6.45, 7) is 0. The Hall–Kier alpha value is -2.01. The van der Waals surface area contributed by atoms with Crippen molar-refractivity contribution in [1.29, 1.82) is 5.26 Å². The van der Waals surface area contributed by atoms with Crippen molar-refractivity contribution in [2.75, 3.05) is 14.1 Å². The van der Waals surface area contributed by atoms with E-state index in [1.807, 2.05) is 38.4 Å². The van der Waals surface area contributed by atoms with Crippen molar-refractivity contribution in [3.05, 3.63) is 53.2 Å². The number of benzene rings is 1. The smallest absolute Gasteiger partial charge is 0.0998 e. The quantitative estimate of drug-likeness (QED) is 0.750. The summed E-state index contributed by atoms with van der Waals surface area (Å²) in [4.78, 5) is 2.09. The molecule has 80 valence electrons. The predicted octanol–water partition coefficient (Wildman–Crippen LogP) is 2.79. The molecule has 16 heavy (non-hydrogen) atoms. The molecule has 0 saturated carbocycles. The molecular formula is C14H14N2. The predicted molar refractivity (Wildman–Crippen MR) is 65.5 cm³/mol. The number of hydrogen-bond acceptors (Lipinski definition) is 2. The summed E-state index contributed by atoms with van der Waals surface area (Å²) in [5.74, 6) is 0. The van der Waals surface area contributed by atoms with Crippen molar-refractivity contribution in [2.24, 2.45) is 0 Å². The lowest BCUT2D eigenvalue weighted by atomic mass is 9.98. The van der Waals surface area contributed by atoms with Crippen molar-refractivity contribution in [1.82, 2.24) is 4.90 Å². The molecule has 0 amide bonds. The van der Waals surface area contributed by atoms with Gasteiger partial charge in [-0.25, -0.2) is 0 Å². The van der Waals surface area contributed by atoms with E-state index in [1.165, 1.54) is 11.3 Å². The summed E-state index contributed by atoms with van der Waals surface area (Å²) in [6, 6.07) is 10.0. The zero-order valence-corrected chi connectivity index (χ0v) is 9.57. The zero-order chi connectivity index (χ0) is 11.5. The molecule has 0 bridgehead atoms. The van der Waals surface area contributed by atoms with Crippen LogP contribution in [0.2, 0.25) is 0 Å². The molecule has 2 heteroatoms. The van der Waals surface area contributed by atoms with E-state index >= 15 is 0 Å². The number of allylic oxidation sites excluding steroid dienone is 3. The van der Waals surface area contributed by atoms with E-state index in [0.717, 1.165) is 17.5 Å². The zero-order valence-electron chi connectivity index (χ0n) is 9.57. The van der Waals surface area contributed by atoms with Crippen LogP contribution < -0.4 is 0 Å². The van der Waals surface area contributed by atoms with Crippen LogP contribution in [0.15, 0.2) is 42.1 Å². The van der Waals surface area contributed by atoms with Crippen LogP contribution in [0.4, 0.5) is 0 Å². The molecule has 0 fully saturated rings. The first-order chi connectivity index (χ1) is 7.74. The van der Waals surface area contributed by atoms with Gasteiger partial charge in [-0.15, -0.1) is 0 Å². The molecule has 0 radical (unpaired) electrons. The van der Waals surface area contributed by atoms with E-state index in [1.54, 1.807) is 0 Å². The van der Waals surface area contributed by atoms with Crippen LogP contribution in [0.25, 0.3) is 5.57 Å². The molecular weight excluding hydrogens is 196 g/mol. The van der Waals surface area contributed by atoms with Crippen LogP contribution in [-0.2, 0) is 0 Å². The van der Waals surface area contributed by atoms with Crippen molar-refractivity contribution >= 4 is 5.57 Å². The largest absolute Gasteiger partial charge is 0.377 e. The highest BCUT2D eigenvalue weighted by molar-refractivity contribution is 5.77. The lowest BCUT2D eigenvalue weighted by molar-refractivity contribution is 0.533. The molecule has 1 aromatic rings. The van der Waals surface area contributed by atoms with Crippen molar-refractivity contribution < 1.29 is 0 Å². The molecule has 1 aromatic carbocycles. The number of rotatable bonds is 2. The Morgan fingerprint density at radius 1 is 1.25 bits per heavy atom. The maximum atomic E-state index is 9.10. The maximum Gasteiger partial charge on any atom is 0.0998 e. The molecule has 0 spiro atoms. The maximum absolute atomic E-state index is 9.10. The molecule has 0 N–H and O–H groups in total. The van der Waals surface area contributed by atoms with Gasteiger partial charge in [-0.2, -0.15) is 5.26 Å². The van der Waals surface area contributed by atoms with Gasteiger partial charge in [-0.05, 0) is 29.7 Å². The Kier molecular flexibility index (Phi) is 2.78. The second-order valence-corrected chi connectivity index (χ2v) is 4.02. The van der Waals surface area contributed by atoms with Gasteiger partial charge in [0.15, 0.2) is 0 Å². The van der Waals surface area contributed by atoms with Gasteiger partial charge in [0, 0.05) is 19.8 Å². The van der Waals surface area contributed by atoms with E-state index in [4.69, 9.17) is 5.26 Å². The van der Waals surface area contributed by atoms with Crippen molar-refractivity contribution in [3.8, 4) is 6.07 Å². The lowest BCUT2D eigenvalue weighted by Gasteiger charge is -2.16. The standard InChI is InChI=1S/C14H14N2/c1-16(2)14-9-5-8-13(14)12-7-4-3-6-11(12)10-15/h3-7,9H,8H2,1-2H3. The molecule has 0 unspecified atom stereocenters. The van der Waals surface area contributed by atoms with Gasteiger partial charge in [0.05, 0.1) is 11.6 Å². The number of nitrogens with zero attached hydrogens (tertiary/aromatic N) is 2. The van der Waals surface area contributed by atoms with E-state index in [2.05, 4.69) is 23.1 Å². The molecule has 1 aliphatic rings. The number of likely N-dealkylation sites (N-methyl/N-ethyl adjacent to an activating group) is 1. The number of hydrogen-bond donors (Lipinski definition) is 0. The molecule has 0 saturated heterocycles. The lowest BCUT2D eigenvalue weighted by Crippen LogP contribution is -2.10. The van der Waals surface area contributed by atoms with E-state index in [-0.39, 0.29) is 0 Å². The summed E-state index contributed by atoms with van der Waals surface area (Å²) in [5.41, 5.74) is 4.24. The minimum Gasteiger partial charge on any atom is -0.377 e. The topological polar surface area (TPSA) is 27.0 Å². The third kappa shape index (κ3) is 1.72. The normalized spacial score (nSPS) is 14.1. The average molecular weight is 210 g/mol. The van der Waals surface area contributed by atoms with Crippen LogP contribution in [0.1, 0.15) is 17.5 Å². The summed E-state index contributed by atoms with van der Waals surface area (Å²) < 4.78 is 0. The van der Waals surface area contributed by atoms with Gasteiger partial charge in [0.2, 0.25) is 0 Å². The van der Waals surface area contributed by atoms with Crippen LogP contribution in [0.3, 0.4) is 0 Å². The fourth-order valence-electron chi connectivity index (χ4n) is 2.00. The van der Waals surface area contributed by atoms with Gasteiger partial charge in [-0.3, -0.25) is 0 Å². The minimum atomic E-state index is 0.751. The summed E-state index contributed by atoms with van der Waals surface area (Å²) in [6.07, 6.45) is 5.16. The Balaban J connectivity index is 2.54. The SMILES string of the molecule is CN(C)C1=C(c2ccccc2C#N)CC=C1. The van der Waals surface area contributed by atoms with Gasteiger partial charge in [-0.1, -0.05) is 24.3 Å². The highest BCUT2D eigenvalue weighted by Gasteiger charge is 2.15. The third-order valence-electron chi connectivity index (χ3n) is 2.76. The molecule has 0 aromatic heterocycles. The summed E-state index contributed by atoms with van der Waals surface area (Å²) >= 11 is 0. The van der Waals surface area contributed by atoms with Gasteiger partial charge in [0.25, 0.3) is 0 Å². The van der Waals surface area contributed by atoms with E-state index in [0.29, 0.717) is 0 Å². The van der Waals surface area contributed by atoms with Gasteiger partial charge < -0.3 is 4.90 Å². The first-order valence-electron chi connectivity index (χ1n) is 5.30. The van der Waals surface area contributed by atoms with Gasteiger partial charge >= 0.3 is 0 Å². The molecule has 2 nitrogen and oxygen atoms in total. The highest BCUT2D eigenvalue weighted by atomic mass is 15.1. The van der Waals surface area contributed by atoms with E-state index < -0.39 is 0 Å². The molecule has 0 aliphatic heterocycles. The Morgan fingerprint density at radius 2 is 2.00 bits per heavy atom. The van der Waals surface area contributed by atoms with Crippen molar-refractivity contribution in [2.45, 2.75) is 6.42 Å². The molecule has 1 aliphatic carbocycles. The second-order valence-electron chi connectivity index (χ2n) is 4.02. The first kappa shape index (κ1) is 10.5. The molecule has 0 atom stereocenters. The monoisotopic (exact) mass is 210 g/mol. The van der Waals surface area contributed by atoms with Crippen molar-refractivity contribution in [3.63, 3.8) is 0 Å². The molecule has 2 rings (SSSR count). The Morgan fingerprint density at radius 3 is 2.69 bits per heavy atom. The van der Waals surface area contributed by atoms with Crippen LogP contribution in [0.5, 0.6) is 0 Å². The first-order valence-corrected chi connectivity index (χ1v) is 5.30. The summed E-state index contributed by atoms with van der Waals surface area (Å²) in [5, 5.41) is 9.10. The fourth-order valence-corrected chi connectivity index (χ4v) is 2.00. The van der Waals surface area contributed by atoms with E-state index in [9.17, 15) is 0 Å². The second kappa shape index (κ2) is 4.24. The highest BCUT2D eigenvalue weighted by Crippen LogP contribution is 2.31. The fraction of sp³-hybridized carbons (Fsp3) is 0.214. The molecule has 0 heterocycles.